The molecule has 2 rings (SSSR count). The Labute approximate surface area is 88.7 Å². The lowest BCUT2D eigenvalue weighted by Crippen LogP contribution is -2.29. The van der Waals surface area contributed by atoms with Crippen molar-refractivity contribution in [2.45, 2.75) is 36.3 Å². The average Bonchev–Trinajstić information content (AvgIpc) is 2.79. The van der Waals surface area contributed by atoms with Crippen LogP contribution in [0.2, 0.25) is 0 Å². The second-order valence-corrected chi connectivity index (χ2v) is 4.98. The standard InChI is InChI=1S/C10H16N2OS/c1-7-8(11-2)3-4-9(7)14-10-12-5-6-13-10/h5-9,11H,3-4H2,1-2H3. The molecule has 1 N–H and O–H groups in total. The molecule has 1 aromatic heterocycles. The van der Waals surface area contributed by atoms with Gasteiger partial charge in [-0.05, 0) is 25.8 Å². The maximum atomic E-state index is 5.24. The topological polar surface area (TPSA) is 38.1 Å². The zero-order valence-electron chi connectivity index (χ0n) is 8.56. The zero-order chi connectivity index (χ0) is 9.97. The van der Waals surface area contributed by atoms with E-state index < -0.39 is 0 Å². The van der Waals surface area contributed by atoms with Crippen molar-refractivity contribution in [1.82, 2.24) is 10.3 Å². The summed E-state index contributed by atoms with van der Waals surface area (Å²) in [6.07, 6.45) is 5.85. The molecule has 0 aliphatic heterocycles. The van der Waals surface area contributed by atoms with Gasteiger partial charge in [0.05, 0.1) is 6.20 Å². The minimum absolute atomic E-state index is 0.645. The lowest BCUT2D eigenvalue weighted by atomic mass is 10.1. The Morgan fingerprint density at radius 2 is 2.43 bits per heavy atom. The van der Waals surface area contributed by atoms with Crippen LogP contribution in [-0.4, -0.2) is 23.3 Å². The van der Waals surface area contributed by atoms with Gasteiger partial charge in [-0.15, -0.1) is 0 Å². The Bertz CT molecular complexity index is 276. The number of hydrogen-bond donors (Lipinski definition) is 1. The van der Waals surface area contributed by atoms with Crippen molar-refractivity contribution in [3.05, 3.63) is 12.5 Å². The molecule has 78 valence electrons. The molecular formula is C10H16N2OS. The molecule has 4 heteroatoms. The van der Waals surface area contributed by atoms with Crippen LogP contribution in [0.4, 0.5) is 0 Å². The third-order valence-corrected chi connectivity index (χ3v) is 4.39. The fourth-order valence-electron chi connectivity index (χ4n) is 2.10. The van der Waals surface area contributed by atoms with Gasteiger partial charge in [0.15, 0.2) is 0 Å². The molecule has 0 saturated heterocycles. The van der Waals surface area contributed by atoms with Crippen LogP contribution in [0.3, 0.4) is 0 Å². The summed E-state index contributed by atoms with van der Waals surface area (Å²) < 4.78 is 5.24. The number of thioether (sulfide) groups is 1. The zero-order valence-corrected chi connectivity index (χ0v) is 9.38. The first-order valence-electron chi connectivity index (χ1n) is 5.04. The first-order valence-corrected chi connectivity index (χ1v) is 5.92. The summed E-state index contributed by atoms with van der Waals surface area (Å²) in [4.78, 5) is 4.14. The second kappa shape index (κ2) is 4.36. The summed E-state index contributed by atoms with van der Waals surface area (Å²) in [5, 5.41) is 4.81. The summed E-state index contributed by atoms with van der Waals surface area (Å²) in [5.74, 6) is 0.692. The van der Waals surface area contributed by atoms with Crippen LogP contribution in [-0.2, 0) is 0 Å². The van der Waals surface area contributed by atoms with E-state index in [1.807, 2.05) is 7.05 Å². The van der Waals surface area contributed by atoms with Crippen molar-refractivity contribution in [3.63, 3.8) is 0 Å². The van der Waals surface area contributed by atoms with Crippen LogP contribution in [0.5, 0.6) is 0 Å². The summed E-state index contributed by atoms with van der Waals surface area (Å²) in [6.45, 7) is 2.30. The molecule has 1 fully saturated rings. The van der Waals surface area contributed by atoms with E-state index >= 15 is 0 Å². The average molecular weight is 212 g/mol. The predicted octanol–water partition coefficient (Wildman–Crippen LogP) is 2.15. The number of hydrogen-bond acceptors (Lipinski definition) is 4. The van der Waals surface area contributed by atoms with E-state index in [2.05, 4.69) is 17.2 Å². The van der Waals surface area contributed by atoms with E-state index in [0.29, 0.717) is 17.2 Å². The third kappa shape index (κ3) is 1.96. The highest BCUT2D eigenvalue weighted by atomic mass is 32.2. The van der Waals surface area contributed by atoms with Gasteiger partial charge in [0, 0.05) is 11.3 Å². The quantitative estimate of drug-likeness (QED) is 0.833. The Balaban J connectivity index is 1.94. The maximum Gasteiger partial charge on any atom is 0.255 e. The van der Waals surface area contributed by atoms with Gasteiger partial charge in [0.2, 0.25) is 0 Å². The minimum Gasteiger partial charge on any atom is -0.440 e. The van der Waals surface area contributed by atoms with Crippen LogP contribution in [0.1, 0.15) is 19.8 Å². The van der Waals surface area contributed by atoms with Crippen LogP contribution in [0.25, 0.3) is 0 Å². The molecule has 0 radical (unpaired) electrons. The smallest absolute Gasteiger partial charge is 0.255 e. The van der Waals surface area contributed by atoms with Crippen LogP contribution in [0, 0.1) is 5.92 Å². The normalized spacial score (nSPS) is 32.3. The Hall–Kier alpha value is -0.480. The summed E-state index contributed by atoms with van der Waals surface area (Å²) in [6, 6.07) is 0.655. The number of rotatable bonds is 3. The Kier molecular flexibility index (Phi) is 3.13. The van der Waals surface area contributed by atoms with Gasteiger partial charge in [0.25, 0.3) is 5.22 Å². The fraction of sp³-hybridized carbons (Fsp3) is 0.700. The van der Waals surface area contributed by atoms with Crippen molar-refractivity contribution in [2.24, 2.45) is 5.92 Å². The minimum atomic E-state index is 0.645. The van der Waals surface area contributed by atoms with Gasteiger partial charge in [-0.3, -0.25) is 0 Å². The second-order valence-electron chi connectivity index (χ2n) is 3.79. The maximum absolute atomic E-state index is 5.24. The molecule has 1 aliphatic carbocycles. The molecule has 3 atom stereocenters. The number of oxazole rings is 1. The molecule has 1 heterocycles. The molecule has 0 aromatic carbocycles. The summed E-state index contributed by atoms with van der Waals surface area (Å²) >= 11 is 1.77. The van der Waals surface area contributed by atoms with Gasteiger partial charge in [-0.25, -0.2) is 4.98 Å². The monoisotopic (exact) mass is 212 g/mol. The highest BCUT2D eigenvalue weighted by Gasteiger charge is 2.33. The van der Waals surface area contributed by atoms with Gasteiger partial charge in [0.1, 0.15) is 6.26 Å². The lowest BCUT2D eigenvalue weighted by Gasteiger charge is -2.18. The van der Waals surface area contributed by atoms with Gasteiger partial charge >= 0.3 is 0 Å². The molecule has 0 bridgehead atoms. The third-order valence-electron chi connectivity index (χ3n) is 3.02. The SMILES string of the molecule is CNC1CCC(Sc2ncco2)C1C. The van der Waals surface area contributed by atoms with E-state index in [1.54, 1.807) is 24.2 Å². The van der Waals surface area contributed by atoms with E-state index in [0.717, 1.165) is 5.22 Å². The summed E-state index contributed by atoms with van der Waals surface area (Å²) in [7, 11) is 2.04. The molecule has 14 heavy (non-hydrogen) atoms. The van der Waals surface area contributed by atoms with Crippen molar-refractivity contribution in [3.8, 4) is 0 Å². The Morgan fingerprint density at radius 1 is 1.57 bits per heavy atom. The number of nitrogens with zero attached hydrogens (tertiary/aromatic N) is 1. The molecule has 0 amide bonds. The van der Waals surface area contributed by atoms with Crippen molar-refractivity contribution >= 4 is 11.8 Å². The van der Waals surface area contributed by atoms with E-state index in [9.17, 15) is 0 Å². The van der Waals surface area contributed by atoms with Crippen molar-refractivity contribution in [1.29, 1.82) is 0 Å². The fourth-order valence-corrected chi connectivity index (χ4v) is 3.25. The van der Waals surface area contributed by atoms with Crippen LogP contribution in [0.15, 0.2) is 22.1 Å². The largest absolute Gasteiger partial charge is 0.440 e. The molecule has 1 aliphatic rings. The molecular weight excluding hydrogens is 196 g/mol. The highest BCUT2D eigenvalue weighted by Crippen LogP contribution is 2.38. The van der Waals surface area contributed by atoms with E-state index in [1.165, 1.54) is 12.8 Å². The first kappa shape index (κ1) is 10.1. The molecule has 1 aromatic rings. The van der Waals surface area contributed by atoms with Gasteiger partial charge < -0.3 is 9.73 Å². The van der Waals surface area contributed by atoms with E-state index in [4.69, 9.17) is 4.42 Å². The van der Waals surface area contributed by atoms with Crippen molar-refractivity contribution in [2.75, 3.05) is 7.05 Å². The van der Waals surface area contributed by atoms with Crippen molar-refractivity contribution < 1.29 is 4.42 Å². The van der Waals surface area contributed by atoms with Crippen LogP contribution < -0.4 is 5.32 Å². The highest BCUT2D eigenvalue weighted by molar-refractivity contribution is 7.99. The van der Waals surface area contributed by atoms with E-state index in [-0.39, 0.29) is 0 Å². The van der Waals surface area contributed by atoms with Gasteiger partial charge in [-0.1, -0.05) is 18.7 Å². The molecule has 0 spiro atoms. The predicted molar refractivity (Wildman–Crippen MR) is 57.4 cm³/mol. The number of aromatic nitrogens is 1. The lowest BCUT2D eigenvalue weighted by molar-refractivity contribution is 0.444. The molecule has 3 nitrogen and oxygen atoms in total. The van der Waals surface area contributed by atoms with Crippen LogP contribution >= 0.6 is 11.8 Å². The summed E-state index contributed by atoms with van der Waals surface area (Å²) in [5.41, 5.74) is 0. The van der Waals surface area contributed by atoms with Gasteiger partial charge in [-0.2, -0.15) is 0 Å². The number of nitrogens with one attached hydrogen (secondary N) is 1. The Morgan fingerprint density at radius 3 is 3.00 bits per heavy atom. The molecule has 3 unspecified atom stereocenters. The molecule has 1 saturated carbocycles. The first-order chi connectivity index (χ1) is 6.81.